The summed E-state index contributed by atoms with van der Waals surface area (Å²) in [6, 6.07) is 3.61. The molecule has 1 heterocycles. The van der Waals surface area contributed by atoms with Gasteiger partial charge in [0.1, 0.15) is 10.8 Å². The predicted molar refractivity (Wildman–Crippen MR) is 67.2 cm³/mol. The summed E-state index contributed by atoms with van der Waals surface area (Å²) in [7, 11) is 0. The van der Waals surface area contributed by atoms with Gasteiger partial charge >= 0.3 is 6.09 Å². The highest BCUT2D eigenvalue weighted by atomic mass is 35.5. The largest absolute Gasteiger partial charge is 0.444 e. The van der Waals surface area contributed by atoms with Crippen LogP contribution < -0.4 is 5.32 Å². The Morgan fingerprint density at radius 2 is 2.18 bits per heavy atom. The van der Waals surface area contributed by atoms with E-state index in [0.717, 1.165) is 5.56 Å². The van der Waals surface area contributed by atoms with Gasteiger partial charge in [-0.25, -0.2) is 9.78 Å². The predicted octanol–water partition coefficient (Wildman–Crippen LogP) is 2.80. The molecule has 0 saturated heterocycles. The standard InChI is InChI=1S/C12H17ClN2O2/c1-12(2,3)17-11(16)14-7-6-9-4-5-10(13)15-8-9/h4-5,8H,6-7H2,1-3H3,(H,14,16). The Hall–Kier alpha value is -1.29. The normalized spacial score (nSPS) is 11.1. The molecule has 0 aromatic carbocycles. The summed E-state index contributed by atoms with van der Waals surface area (Å²) in [5.41, 5.74) is 0.553. The maximum Gasteiger partial charge on any atom is 0.407 e. The Labute approximate surface area is 106 Å². The maximum absolute atomic E-state index is 11.3. The van der Waals surface area contributed by atoms with Crippen LogP contribution in [0.2, 0.25) is 5.15 Å². The third-order valence-electron chi connectivity index (χ3n) is 1.87. The molecule has 5 heteroatoms. The van der Waals surface area contributed by atoms with Crippen molar-refractivity contribution < 1.29 is 9.53 Å². The number of hydrogen-bond donors (Lipinski definition) is 1. The van der Waals surface area contributed by atoms with Crippen LogP contribution in [0, 0.1) is 0 Å². The van der Waals surface area contributed by atoms with Gasteiger partial charge in [-0.2, -0.15) is 0 Å². The molecule has 0 unspecified atom stereocenters. The number of rotatable bonds is 3. The van der Waals surface area contributed by atoms with Crippen molar-refractivity contribution in [3.05, 3.63) is 29.0 Å². The first-order valence-electron chi connectivity index (χ1n) is 5.44. The van der Waals surface area contributed by atoms with Crippen molar-refractivity contribution in [2.45, 2.75) is 32.8 Å². The van der Waals surface area contributed by atoms with Crippen LogP contribution in [0.15, 0.2) is 18.3 Å². The number of nitrogens with one attached hydrogen (secondary N) is 1. The molecule has 94 valence electrons. The second-order valence-electron chi connectivity index (χ2n) is 4.67. The molecular weight excluding hydrogens is 240 g/mol. The Bertz CT molecular complexity index is 371. The van der Waals surface area contributed by atoms with E-state index in [2.05, 4.69) is 10.3 Å². The maximum atomic E-state index is 11.3. The zero-order valence-electron chi connectivity index (χ0n) is 10.3. The second-order valence-corrected chi connectivity index (χ2v) is 5.06. The lowest BCUT2D eigenvalue weighted by Gasteiger charge is -2.19. The van der Waals surface area contributed by atoms with E-state index in [-0.39, 0.29) is 0 Å². The number of halogens is 1. The molecule has 17 heavy (non-hydrogen) atoms. The van der Waals surface area contributed by atoms with Gasteiger partial charge in [0.2, 0.25) is 0 Å². The SMILES string of the molecule is CC(C)(C)OC(=O)NCCc1ccc(Cl)nc1. The third kappa shape index (κ3) is 6.12. The fourth-order valence-electron chi connectivity index (χ4n) is 1.18. The van der Waals surface area contributed by atoms with E-state index >= 15 is 0 Å². The van der Waals surface area contributed by atoms with E-state index in [4.69, 9.17) is 16.3 Å². The van der Waals surface area contributed by atoms with Gasteiger partial charge < -0.3 is 10.1 Å². The van der Waals surface area contributed by atoms with Gasteiger partial charge in [0, 0.05) is 12.7 Å². The van der Waals surface area contributed by atoms with Crippen molar-refractivity contribution in [1.82, 2.24) is 10.3 Å². The molecule has 4 nitrogen and oxygen atoms in total. The highest BCUT2D eigenvalue weighted by molar-refractivity contribution is 6.29. The summed E-state index contributed by atoms with van der Waals surface area (Å²) in [5, 5.41) is 3.15. The van der Waals surface area contributed by atoms with Crippen LogP contribution in [0.5, 0.6) is 0 Å². The molecule has 0 fully saturated rings. The molecule has 1 aromatic heterocycles. The first-order valence-corrected chi connectivity index (χ1v) is 5.82. The van der Waals surface area contributed by atoms with E-state index in [0.29, 0.717) is 18.1 Å². The molecule has 0 bridgehead atoms. The van der Waals surface area contributed by atoms with Gasteiger partial charge in [-0.15, -0.1) is 0 Å². The van der Waals surface area contributed by atoms with Crippen LogP contribution in [0.25, 0.3) is 0 Å². The molecule has 1 N–H and O–H groups in total. The fourth-order valence-corrected chi connectivity index (χ4v) is 1.29. The number of ether oxygens (including phenoxy) is 1. The smallest absolute Gasteiger partial charge is 0.407 e. The van der Waals surface area contributed by atoms with Crippen molar-refractivity contribution in [2.24, 2.45) is 0 Å². The van der Waals surface area contributed by atoms with Crippen molar-refractivity contribution in [3.63, 3.8) is 0 Å². The van der Waals surface area contributed by atoms with Crippen LogP contribution in [0.1, 0.15) is 26.3 Å². The molecule has 0 atom stereocenters. The molecule has 0 saturated carbocycles. The number of nitrogens with zero attached hydrogens (tertiary/aromatic N) is 1. The molecule has 1 rings (SSSR count). The number of amides is 1. The molecule has 0 radical (unpaired) electrons. The van der Waals surface area contributed by atoms with Crippen LogP contribution in [-0.4, -0.2) is 23.2 Å². The summed E-state index contributed by atoms with van der Waals surface area (Å²) >= 11 is 5.67. The minimum atomic E-state index is -0.466. The van der Waals surface area contributed by atoms with Gasteiger partial charge in [0.25, 0.3) is 0 Å². The molecule has 0 aliphatic carbocycles. The van der Waals surface area contributed by atoms with Gasteiger partial charge in [-0.3, -0.25) is 0 Å². The molecule has 0 spiro atoms. The minimum Gasteiger partial charge on any atom is -0.444 e. The summed E-state index contributed by atoms with van der Waals surface area (Å²) in [4.78, 5) is 15.3. The fraction of sp³-hybridized carbons (Fsp3) is 0.500. The van der Waals surface area contributed by atoms with Crippen molar-refractivity contribution in [1.29, 1.82) is 0 Å². The Morgan fingerprint density at radius 1 is 1.47 bits per heavy atom. The van der Waals surface area contributed by atoms with Crippen molar-refractivity contribution >= 4 is 17.7 Å². The number of carbonyl (C=O) groups excluding carboxylic acids is 1. The first-order chi connectivity index (χ1) is 7.87. The van der Waals surface area contributed by atoms with Crippen LogP contribution in [-0.2, 0) is 11.2 Å². The van der Waals surface area contributed by atoms with Crippen LogP contribution >= 0.6 is 11.6 Å². The number of pyridine rings is 1. The number of hydrogen-bond acceptors (Lipinski definition) is 3. The number of alkyl carbamates (subject to hydrolysis) is 1. The lowest BCUT2D eigenvalue weighted by molar-refractivity contribution is 0.0528. The van der Waals surface area contributed by atoms with Crippen molar-refractivity contribution in [2.75, 3.05) is 6.54 Å². The van der Waals surface area contributed by atoms with E-state index in [9.17, 15) is 4.79 Å². The highest BCUT2D eigenvalue weighted by Gasteiger charge is 2.15. The van der Waals surface area contributed by atoms with Crippen LogP contribution in [0.4, 0.5) is 4.79 Å². The minimum absolute atomic E-state index is 0.403. The Balaban J connectivity index is 2.28. The van der Waals surface area contributed by atoms with E-state index < -0.39 is 11.7 Å². The summed E-state index contributed by atoms with van der Waals surface area (Å²) in [6.07, 6.45) is 1.99. The monoisotopic (exact) mass is 256 g/mol. The van der Waals surface area contributed by atoms with E-state index in [1.165, 1.54) is 0 Å². The van der Waals surface area contributed by atoms with Gasteiger partial charge in [-0.1, -0.05) is 17.7 Å². The van der Waals surface area contributed by atoms with Crippen molar-refractivity contribution in [3.8, 4) is 0 Å². The van der Waals surface area contributed by atoms with Gasteiger partial charge in [-0.05, 0) is 38.8 Å². The van der Waals surface area contributed by atoms with Gasteiger partial charge in [0.15, 0.2) is 0 Å². The third-order valence-corrected chi connectivity index (χ3v) is 2.09. The lowest BCUT2D eigenvalue weighted by Crippen LogP contribution is -2.33. The molecule has 1 amide bonds. The molecule has 0 aliphatic rings. The number of carbonyl (C=O) groups is 1. The average molecular weight is 257 g/mol. The quantitative estimate of drug-likeness (QED) is 0.846. The zero-order chi connectivity index (χ0) is 12.9. The van der Waals surface area contributed by atoms with Gasteiger partial charge in [0.05, 0.1) is 0 Å². The zero-order valence-corrected chi connectivity index (χ0v) is 11.0. The summed E-state index contributed by atoms with van der Waals surface area (Å²) in [5.74, 6) is 0. The Morgan fingerprint density at radius 3 is 2.71 bits per heavy atom. The summed E-state index contributed by atoms with van der Waals surface area (Å²) in [6.45, 7) is 6.00. The molecule has 1 aromatic rings. The highest BCUT2D eigenvalue weighted by Crippen LogP contribution is 2.07. The molecule has 0 aliphatic heterocycles. The summed E-state index contributed by atoms with van der Waals surface area (Å²) < 4.78 is 5.11. The average Bonchev–Trinajstić information content (AvgIpc) is 2.18. The van der Waals surface area contributed by atoms with E-state index in [1.54, 1.807) is 12.3 Å². The second kappa shape index (κ2) is 5.87. The Kier molecular flexibility index (Phi) is 4.75. The molecular formula is C12H17ClN2O2. The van der Waals surface area contributed by atoms with Crippen LogP contribution in [0.3, 0.4) is 0 Å². The first kappa shape index (κ1) is 13.8. The van der Waals surface area contributed by atoms with E-state index in [1.807, 2.05) is 26.8 Å². The number of aromatic nitrogens is 1. The lowest BCUT2D eigenvalue weighted by atomic mass is 10.2. The topological polar surface area (TPSA) is 51.2 Å².